The lowest BCUT2D eigenvalue weighted by molar-refractivity contribution is 0.284. The summed E-state index contributed by atoms with van der Waals surface area (Å²) < 4.78 is 17.2. The summed E-state index contributed by atoms with van der Waals surface area (Å²) in [5.74, 6) is 2.40. The van der Waals surface area contributed by atoms with Gasteiger partial charge in [0, 0.05) is 18.2 Å². The van der Waals surface area contributed by atoms with E-state index in [0.717, 1.165) is 84.1 Å². The van der Waals surface area contributed by atoms with Gasteiger partial charge in [0.25, 0.3) is 0 Å². The van der Waals surface area contributed by atoms with Crippen molar-refractivity contribution in [2.45, 2.75) is 43.9 Å². The number of benzene rings is 3. The maximum absolute atomic E-state index is 9.04. The molecule has 0 radical (unpaired) electrons. The molecule has 0 aliphatic rings. The largest absolute Gasteiger partial charge is 0.497 e. The van der Waals surface area contributed by atoms with E-state index in [1.54, 1.807) is 20.4 Å². The third-order valence-electron chi connectivity index (χ3n) is 9.36. The Morgan fingerprint density at radius 1 is 0.529 bits per heavy atom. The lowest BCUT2D eigenvalue weighted by Gasteiger charge is -2.36. The lowest BCUT2D eigenvalue weighted by Crippen LogP contribution is -2.29. The van der Waals surface area contributed by atoms with E-state index in [4.69, 9.17) is 24.3 Å². The number of aryl methyl sites for hydroxylation is 1. The zero-order chi connectivity index (χ0) is 35.3. The zero-order valence-electron chi connectivity index (χ0n) is 29.4. The monoisotopic (exact) mass is 679 g/mol. The molecule has 0 bridgehead atoms. The molecule has 7 nitrogen and oxygen atoms in total. The Bertz CT molecular complexity index is 1880. The first kappa shape index (κ1) is 35.3. The molecule has 7 heteroatoms. The molecule has 3 aromatic heterocycles. The number of nitrogens with zero attached hydrogens (tertiary/aromatic N) is 3. The number of aromatic nitrogens is 3. The molecule has 6 rings (SSSR count). The lowest BCUT2D eigenvalue weighted by atomic mass is 9.66. The number of aliphatic hydroxyl groups is 1. The van der Waals surface area contributed by atoms with Crippen LogP contribution in [0.25, 0.3) is 22.8 Å². The molecule has 0 unspecified atom stereocenters. The van der Waals surface area contributed by atoms with Crippen LogP contribution < -0.4 is 14.2 Å². The molecule has 0 atom stereocenters. The predicted octanol–water partition coefficient (Wildman–Crippen LogP) is 9.12. The van der Waals surface area contributed by atoms with Gasteiger partial charge in [0.1, 0.15) is 17.2 Å². The van der Waals surface area contributed by atoms with Crippen molar-refractivity contribution in [2.24, 2.45) is 0 Å². The summed E-state index contributed by atoms with van der Waals surface area (Å²) in [7, 11) is 3.39. The van der Waals surface area contributed by atoms with Gasteiger partial charge in [0.05, 0.1) is 49.8 Å². The van der Waals surface area contributed by atoms with Gasteiger partial charge in [-0.1, -0.05) is 66.7 Å². The van der Waals surface area contributed by atoms with Crippen molar-refractivity contribution in [2.75, 3.05) is 27.4 Å². The van der Waals surface area contributed by atoms with Gasteiger partial charge in [-0.3, -0.25) is 9.97 Å². The number of unbranched alkanes of at least 4 members (excludes halogenated alkanes) is 2. The quantitative estimate of drug-likeness (QED) is 0.0760. The Balaban J connectivity index is 1.12. The maximum atomic E-state index is 9.04. The van der Waals surface area contributed by atoms with Crippen LogP contribution in [0, 0.1) is 0 Å². The van der Waals surface area contributed by atoms with Crippen molar-refractivity contribution in [1.29, 1.82) is 0 Å². The minimum atomic E-state index is -0.373. The second-order valence-electron chi connectivity index (χ2n) is 12.6. The molecule has 0 saturated carbocycles. The van der Waals surface area contributed by atoms with Crippen LogP contribution in [0.5, 0.6) is 17.2 Å². The van der Waals surface area contributed by atoms with Crippen molar-refractivity contribution in [3.05, 3.63) is 156 Å². The van der Waals surface area contributed by atoms with Gasteiger partial charge in [-0.15, -0.1) is 0 Å². The molecule has 0 fully saturated rings. The van der Waals surface area contributed by atoms with Gasteiger partial charge < -0.3 is 19.3 Å². The topological polar surface area (TPSA) is 86.6 Å². The van der Waals surface area contributed by atoms with Crippen LogP contribution in [-0.2, 0) is 11.8 Å². The SMILES string of the molecule is COc1ccc(C(CCCCOc2ccc(-c3cccc(-c4ccc(CCCCO)cn4)n3)nc2)(c2ccccc2)c2ccc(OC)cc2)cc1. The molecule has 0 saturated heterocycles. The Labute approximate surface area is 301 Å². The highest BCUT2D eigenvalue weighted by Crippen LogP contribution is 2.44. The van der Waals surface area contributed by atoms with Crippen molar-refractivity contribution in [3.8, 4) is 40.0 Å². The van der Waals surface area contributed by atoms with E-state index in [1.165, 1.54) is 16.7 Å². The second-order valence-corrected chi connectivity index (χ2v) is 12.6. The molecule has 1 N–H and O–H groups in total. The summed E-state index contributed by atoms with van der Waals surface area (Å²) in [6, 6.07) is 41.5. The van der Waals surface area contributed by atoms with Crippen LogP contribution in [0.2, 0.25) is 0 Å². The molecular weight excluding hydrogens is 635 g/mol. The van der Waals surface area contributed by atoms with Gasteiger partial charge in [-0.25, -0.2) is 4.98 Å². The Morgan fingerprint density at radius 3 is 1.67 bits per heavy atom. The van der Waals surface area contributed by atoms with E-state index in [-0.39, 0.29) is 12.0 Å². The fourth-order valence-electron chi connectivity index (χ4n) is 6.59. The van der Waals surface area contributed by atoms with Crippen LogP contribution in [0.3, 0.4) is 0 Å². The smallest absolute Gasteiger partial charge is 0.137 e. The third-order valence-corrected chi connectivity index (χ3v) is 9.36. The van der Waals surface area contributed by atoms with Crippen LogP contribution in [0.1, 0.15) is 54.4 Å². The maximum Gasteiger partial charge on any atom is 0.137 e. The van der Waals surface area contributed by atoms with E-state index in [2.05, 4.69) is 70.6 Å². The average Bonchev–Trinajstić information content (AvgIpc) is 3.20. The second kappa shape index (κ2) is 17.4. The number of pyridine rings is 3. The minimum absolute atomic E-state index is 0.219. The fraction of sp³-hybridized carbons (Fsp3) is 0.250. The molecule has 0 aliphatic carbocycles. The molecule has 260 valence electrons. The molecule has 0 spiro atoms. The van der Waals surface area contributed by atoms with Crippen molar-refractivity contribution >= 4 is 0 Å². The fourth-order valence-corrected chi connectivity index (χ4v) is 6.59. The number of ether oxygens (including phenoxy) is 3. The molecule has 3 heterocycles. The van der Waals surface area contributed by atoms with Gasteiger partial charge in [0.2, 0.25) is 0 Å². The van der Waals surface area contributed by atoms with Gasteiger partial charge in [0.15, 0.2) is 0 Å². The first-order valence-electron chi connectivity index (χ1n) is 17.6. The number of rotatable bonds is 17. The summed E-state index contributed by atoms with van der Waals surface area (Å²) in [5, 5.41) is 9.04. The van der Waals surface area contributed by atoms with E-state index >= 15 is 0 Å². The number of hydrogen-bond donors (Lipinski definition) is 1. The van der Waals surface area contributed by atoms with Crippen molar-refractivity contribution in [3.63, 3.8) is 0 Å². The zero-order valence-corrected chi connectivity index (χ0v) is 29.4. The Kier molecular flexibility index (Phi) is 12.1. The normalized spacial score (nSPS) is 11.3. The number of hydrogen-bond acceptors (Lipinski definition) is 7. The number of aliphatic hydroxyl groups excluding tert-OH is 1. The molecule has 3 aromatic carbocycles. The number of methoxy groups -OCH3 is 2. The van der Waals surface area contributed by atoms with Gasteiger partial charge in [-0.05, 0) is 115 Å². The minimum Gasteiger partial charge on any atom is -0.497 e. The van der Waals surface area contributed by atoms with E-state index < -0.39 is 0 Å². The van der Waals surface area contributed by atoms with E-state index in [1.807, 2.05) is 66.9 Å². The molecule has 0 aliphatic heterocycles. The molecular formula is C44H45N3O4. The van der Waals surface area contributed by atoms with Crippen LogP contribution in [-0.4, -0.2) is 47.5 Å². The van der Waals surface area contributed by atoms with Crippen LogP contribution in [0.4, 0.5) is 0 Å². The standard InChI is InChI=1S/C44H45N3O4/c1-49-37-21-17-35(18-22-37)44(34-12-4-3-5-13-34,36-19-23-38(50-2)24-20-36)28-7-9-30-51-39-25-27-41(46-32-39)43-15-10-14-42(47-43)40-26-16-33(31-45-40)11-6-8-29-48/h3-5,10,12-27,31-32,48H,6-9,11,28-30H2,1-2H3. The molecule has 51 heavy (non-hydrogen) atoms. The van der Waals surface area contributed by atoms with Crippen LogP contribution in [0.15, 0.2) is 134 Å². The molecule has 0 amide bonds. The summed E-state index contributed by atoms with van der Waals surface area (Å²) in [6.07, 6.45) is 9.01. The summed E-state index contributed by atoms with van der Waals surface area (Å²) >= 11 is 0. The Morgan fingerprint density at radius 2 is 1.12 bits per heavy atom. The van der Waals surface area contributed by atoms with E-state index in [0.29, 0.717) is 6.61 Å². The summed E-state index contributed by atoms with van der Waals surface area (Å²) in [4.78, 5) is 14.1. The molecule has 6 aromatic rings. The Hall–Kier alpha value is -5.53. The summed E-state index contributed by atoms with van der Waals surface area (Å²) in [6.45, 7) is 0.795. The van der Waals surface area contributed by atoms with Crippen molar-refractivity contribution < 1.29 is 19.3 Å². The average molecular weight is 680 g/mol. The highest BCUT2D eigenvalue weighted by atomic mass is 16.5. The van der Waals surface area contributed by atoms with Crippen LogP contribution >= 0.6 is 0 Å². The first-order valence-corrected chi connectivity index (χ1v) is 17.6. The highest BCUT2D eigenvalue weighted by Gasteiger charge is 2.36. The highest BCUT2D eigenvalue weighted by molar-refractivity contribution is 5.62. The third kappa shape index (κ3) is 8.62. The first-order chi connectivity index (χ1) is 25.1. The predicted molar refractivity (Wildman–Crippen MR) is 202 cm³/mol. The van der Waals surface area contributed by atoms with E-state index in [9.17, 15) is 0 Å². The van der Waals surface area contributed by atoms with Crippen molar-refractivity contribution in [1.82, 2.24) is 15.0 Å². The van der Waals surface area contributed by atoms with Gasteiger partial charge >= 0.3 is 0 Å². The summed E-state index contributed by atoms with van der Waals surface area (Å²) in [5.41, 5.74) is 7.61. The van der Waals surface area contributed by atoms with Gasteiger partial charge in [-0.2, -0.15) is 0 Å².